The Morgan fingerprint density at radius 1 is 0.667 bits per heavy atom. The molecule has 0 saturated carbocycles. The molecule has 4 aromatic heterocycles. The highest BCUT2D eigenvalue weighted by Gasteiger charge is 2.27. The van der Waals surface area contributed by atoms with E-state index in [2.05, 4.69) is 9.47 Å². The van der Waals surface area contributed by atoms with Gasteiger partial charge in [0.2, 0.25) is 0 Å². The molecule has 1 aliphatic heterocycles. The number of rotatable bonds is 5. The van der Waals surface area contributed by atoms with Crippen LogP contribution < -0.4 is 4.74 Å². The number of hydrogen-bond acceptors (Lipinski definition) is 8. The van der Waals surface area contributed by atoms with Crippen LogP contribution in [0.4, 0.5) is 4.79 Å². The zero-order valence-corrected chi connectivity index (χ0v) is 24.6. The van der Waals surface area contributed by atoms with Crippen LogP contribution in [-0.4, -0.2) is 81.1 Å². The second-order valence-electron chi connectivity index (χ2n) is 9.85. The Morgan fingerprint density at radius 3 is 1.64 bits per heavy atom. The van der Waals surface area contributed by atoms with E-state index in [4.69, 9.17) is 33.0 Å². The van der Waals surface area contributed by atoms with Gasteiger partial charge in [-0.05, 0) is 60.7 Å². The molecule has 0 spiro atoms. The summed E-state index contributed by atoms with van der Waals surface area (Å²) < 4.78 is 21.5. The maximum Gasteiger partial charge on any atom is 0.508 e. The minimum absolute atomic E-state index is 0.0291. The normalized spacial score (nSPS) is 13.0. The topological polar surface area (TPSA) is 153 Å². The summed E-state index contributed by atoms with van der Waals surface area (Å²) in [4.78, 5) is 13.4. The van der Waals surface area contributed by atoms with Crippen molar-refractivity contribution in [1.29, 1.82) is 0 Å². The highest BCUT2D eigenvalue weighted by molar-refractivity contribution is 6.31. The molecule has 0 bridgehead atoms. The van der Waals surface area contributed by atoms with Gasteiger partial charge in [0.15, 0.2) is 0 Å². The molecule has 0 aliphatic carbocycles. The molecule has 16 heteroatoms. The largest absolute Gasteiger partial charge is 0.508 e. The van der Waals surface area contributed by atoms with Crippen LogP contribution in [0.1, 0.15) is 0 Å². The van der Waals surface area contributed by atoms with E-state index in [9.17, 15) is 20.1 Å². The molecule has 1 saturated heterocycles. The fraction of sp³-hybridized carbons (Fsp3) is 0.138. The third-order valence-electron chi connectivity index (χ3n) is 6.97. The van der Waals surface area contributed by atoms with E-state index in [1.54, 1.807) is 23.0 Å². The highest BCUT2D eigenvalue weighted by Crippen LogP contribution is 2.34. The maximum absolute atomic E-state index is 10.1. The van der Waals surface area contributed by atoms with Crippen molar-refractivity contribution in [3.8, 4) is 34.4 Å². The van der Waals surface area contributed by atoms with Crippen LogP contribution in [0.15, 0.2) is 72.8 Å². The molecule has 9 rings (SSSR count). The van der Waals surface area contributed by atoms with Crippen LogP contribution in [0.25, 0.3) is 33.4 Å². The minimum atomic E-state index is -0.546. The molecular formula is C29H24Cl2N6O8. The molecule has 14 nitrogen and oxygen atoms in total. The molecule has 1 fully saturated rings. The number of fused-ring (bicyclic) bond motifs is 8. The second kappa shape index (κ2) is 11.0. The Balaban J connectivity index is 0.000000123. The van der Waals surface area contributed by atoms with Crippen LogP contribution >= 0.6 is 23.2 Å². The molecule has 0 radical (unpaired) electrons. The van der Waals surface area contributed by atoms with Gasteiger partial charge >= 0.3 is 6.16 Å². The van der Waals surface area contributed by atoms with Gasteiger partial charge < -0.3 is 34.6 Å². The van der Waals surface area contributed by atoms with E-state index < -0.39 is 6.16 Å². The third kappa shape index (κ3) is 5.04. The van der Waals surface area contributed by atoms with Crippen molar-refractivity contribution in [2.24, 2.45) is 0 Å². The quantitative estimate of drug-likeness (QED) is 0.193. The van der Waals surface area contributed by atoms with E-state index in [0.717, 1.165) is 22.1 Å². The number of halogens is 2. The molecule has 4 N–H and O–H groups in total. The summed E-state index contributed by atoms with van der Waals surface area (Å²) in [5.74, 6) is 0.694. The number of aliphatic hydroxyl groups excluding tert-OH is 1. The Bertz CT molecular complexity index is 2260. The average molecular weight is 655 g/mol. The van der Waals surface area contributed by atoms with Crippen LogP contribution in [0, 0.1) is 0 Å². The van der Waals surface area contributed by atoms with Gasteiger partial charge in [-0.25, -0.2) is 4.79 Å². The summed E-state index contributed by atoms with van der Waals surface area (Å²) in [7, 11) is 0. The predicted molar refractivity (Wildman–Crippen MR) is 163 cm³/mol. The third-order valence-corrected chi connectivity index (χ3v) is 7.44. The smallest absolute Gasteiger partial charge is 0.508 e. The summed E-state index contributed by atoms with van der Waals surface area (Å²) in [5, 5.41) is 39.3. The number of aromatic hydroxyl groups is 3. The number of aliphatic hydroxyl groups is 1. The first kappa shape index (κ1) is 28.5. The number of carbonyl (C=O) groups excluding carboxylic acids is 1. The van der Waals surface area contributed by atoms with Crippen LogP contribution in [-0.2, 0) is 9.47 Å². The first-order valence-corrected chi connectivity index (χ1v) is 14.3. The highest BCUT2D eigenvalue weighted by atomic mass is 35.5. The SMILES string of the molecule is O=C1OCCO1.OCCOc1ccc(-n2n3c4ccc(Cl)cc4n23)c(O)c1.Oc1ccc(-n2n3c4ccc(Cl)cc4n23)c(O)c1. The van der Waals surface area contributed by atoms with Crippen molar-refractivity contribution in [3.05, 3.63) is 82.8 Å². The second-order valence-corrected chi connectivity index (χ2v) is 10.7. The van der Waals surface area contributed by atoms with E-state index in [1.807, 2.05) is 59.7 Å². The van der Waals surface area contributed by atoms with Gasteiger partial charge in [-0.3, -0.25) is 0 Å². The molecule has 8 aromatic rings. The lowest BCUT2D eigenvalue weighted by Gasteiger charge is -2.05. The number of nitrogens with zero attached hydrogens (tertiary/aromatic N) is 6. The van der Waals surface area contributed by atoms with E-state index >= 15 is 0 Å². The predicted octanol–water partition coefficient (Wildman–Crippen LogP) is 4.79. The zero-order chi connectivity index (χ0) is 31.4. The summed E-state index contributed by atoms with van der Waals surface area (Å²) in [6, 6.07) is 20.8. The van der Waals surface area contributed by atoms with Gasteiger partial charge in [-0.2, -0.15) is 0 Å². The van der Waals surface area contributed by atoms with Gasteiger partial charge in [0, 0.05) is 22.2 Å². The summed E-state index contributed by atoms with van der Waals surface area (Å²) in [5.41, 5.74) is 5.34. The number of phenols is 3. The van der Waals surface area contributed by atoms with Gasteiger partial charge in [-0.1, -0.05) is 23.2 Å². The molecule has 5 heterocycles. The fourth-order valence-corrected chi connectivity index (χ4v) is 5.27. The first-order valence-electron chi connectivity index (χ1n) is 13.5. The Kier molecular flexibility index (Phi) is 6.96. The number of ether oxygens (including phenoxy) is 3. The monoisotopic (exact) mass is 654 g/mol. The summed E-state index contributed by atoms with van der Waals surface area (Å²) >= 11 is 11.9. The number of aromatic nitrogens is 6. The van der Waals surface area contributed by atoms with Gasteiger partial charge in [0.25, 0.3) is 0 Å². The molecular weight excluding hydrogens is 631 g/mol. The van der Waals surface area contributed by atoms with Crippen molar-refractivity contribution in [1.82, 2.24) is 28.1 Å². The lowest BCUT2D eigenvalue weighted by atomic mass is 10.3. The van der Waals surface area contributed by atoms with Crippen LogP contribution in [0.3, 0.4) is 0 Å². The summed E-state index contributed by atoms with van der Waals surface area (Å²) in [6.07, 6.45) is -0.546. The van der Waals surface area contributed by atoms with E-state index in [0.29, 0.717) is 40.4 Å². The van der Waals surface area contributed by atoms with Crippen molar-refractivity contribution in [2.75, 3.05) is 26.4 Å². The fourth-order valence-electron chi connectivity index (χ4n) is 4.94. The molecule has 0 unspecified atom stereocenters. The molecule has 45 heavy (non-hydrogen) atoms. The van der Waals surface area contributed by atoms with E-state index in [1.165, 1.54) is 18.2 Å². The summed E-state index contributed by atoms with van der Waals surface area (Å²) in [6.45, 7) is 0.967. The Labute approximate surface area is 262 Å². The number of phenolic OH excluding ortho intramolecular Hbond substituents is 3. The van der Waals surface area contributed by atoms with Gasteiger partial charge in [-0.15, -0.1) is 28.1 Å². The van der Waals surface area contributed by atoms with E-state index in [-0.39, 0.29) is 30.5 Å². The molecule has 4 aromatic carbocycles. The molecule has 232 valence electrons. The number of cyclic esters (lactones) is 2. The number of hydrogen-bond donors (Lipinski definition) is 4. The Hall–Kier alpha value is -5.31. The molecule has 0 amide bonds. The van der Waals surface area contributed by atoms with Crippen LogP contribution in [0.2, 0.25) is 10.0 Å². The van der Waals surface area contributed by atoms with Crippen LogP contribution in [0.5, 0.6) is 23.0 Å². The number of carbonyl (C=O) groups is 1. The van der Waals surface area contributed by atoms with Crippen molar-refractivity contribution in [2.45, 2.75) is 0 Å². The lowest BCUT2D eigenvalue weighted by molar-refractivity contribution is 0.131. The standard InChI is InChI=1S/C14H12ClN3O3.C12H8ClN3O2.C3H4O3/c15-9-1-3-11-13(7-9)18-16(11)17(18)12-4-2-10(8-14(12)20)21-6-5-19;13-7-1-3-9-11(5-7)16-14(9)15(16)10-4-2-8(17)6-12(10)18;4-3-5-1-2-6-3/h1-4,7-8,19-20H,5-6H2;1-6,17-18H;1-2H2. The average Bonchev–Trinajstić information content (AvgIpc) is 3.78. The van der Waals surface area contributed by atoms with Gasteiger partial charge in [0.05, 0.1) is 6.61 Å². The van der Waals surface area contributed by atoms with Crippen molar-refractivity contribution in [3.63, 3.8) is 0 Å². The van der Waals surface area contributed by atoms with Crippen molar-refractivity contribution >= 4 is 51.4 Å². The molecule has 0 atom stereocenters. The minimum Gasteiger partial charge on any atom is -0.508 e. The molecule has 1 aliphatic rings. The lowest BCUT2D eigenvalue weighted by Crippen LogP contribution is -2.01. The van der Waals surface area contributed by atoms with Gasteiger partial charge in [0.1, 0.15) is 76.3 Å². The maximum atomic E-state index is 10.1. The first-order chi connectivity index (χ1) is 21.8. The van der Waals surface area contributed by atoms with Crippen molar-refractivity contribution < 1.29 is 39.4 Å². The zero-order valence-electron chi connectivity index (χ0n) is 23.1. The Morgan fingerprint density at radius 2 is 1.18 bits per heavy atom. The number of benzene rings is 4.